The first kappa shape index (κ1) is 23.1. The number of nitrogens with one attached hydrogen (secondary N) is 2. The predicted molar refractivity (Wildman–Crippen MR) is 124 cm³/mol. The summed E-state index contributed by atoms with van der Waals surface area (Å²) < 4.78 is 10.9. The van der Waals surface area contributed by atoms with E-state index in [1.165, 1.54) is 0 Å². The van der Waals surface area contributed by atoms with Gasteiger partial charge in [-0.05, 0) is 55.8 Å². The fourth-order valence-electron chi connectivity index (χ4n) is 2.91. The molecule has 3 aromatic rings. The van der Waals surface area contributed by atoms with Gasteiger partial charge in [-0.25, -0.2) is 0 Å². The first-order chi connectivity index (χ1) is 15.1. The third-order valence-electron chi connectivity index (χ3n) is 4.96. The summed E-state index contributed by atoms with van der Waals surface area (Å²) in [5, 5.41) is 9.65. The number of hydrogen-bond acceptors (Lipinski definition) is 5. The number of aromatic nitrogens is 1. The van der Waals surface area contributed by atoms with E-state index in [0.717, 1.165) is 22.6 Å². The van der Waals surface area contributed by atoms with Gasteiger partial charge in [-0.15, -0.1) is 0 Å². The van der Waals surface area contributed by atoms with Crippen LogP contribution in [0.2, 0.25) is 0 Å². The van der Waals surface area contributed by atoms with E-state index >= 15 is 0 Å². The van der Waals surface area contributed by atoms with E-state index in [-0.39, 0.29) is 18.2 Å². The van der Waals surface area contributed by atoms with Crippen molar-refractivity contribution in [1.82, 2.24) is 5.16 Å². The molecule has 0 fully saturated rings. The van der Waals surface area contributed by atoms with E-state index in [1.807, 2.05) is 58.9 Å². The van der Waals surface area contributed by atoms with Gasteiger partial charge in [-0.3, -0.25) is 9.59 Å². The largest absolute Gasteiger partial charge is 0.489 e. The molecule has 0 unspecified atom stereocenters. The Balaban J connectivity index is 1.50. The summed E-state index contributed by atoms with van der Waals surface area (Å²) in [5.41, 5.74) is 3.53. The Labute approximate surface area is 188 Å². The maximum Gasteiger partial charge on any atom is 0.229 e. The van der Waals surface area contributed by atoms with Crippen LogP contribution in [0.25, 0.3) is 0 Å². The minimum Gasteiger partial charge on any atom is -0.489 e. The zero-order valence-electron chi connectivity index (χ0n) is 19.1. The summed E-state index contributed by atoms with van der Waals surface area (Å²) in [6, 6.07) is 14.5. The topological polar surface area (TPSA) is 93.5 Å². The lowest BCUT2D eigenvalue weighted by Crippen LogP contribution is -2.27. The zero-order valence-corrected chi connectivity index (χ0v) is 19.1. The lowest BCUT2D eigenvalue weighted by atomic mass is 9.95. The number of carbonyl (C=O) groups is 2. The van der Waals surface area contributed by atoms with Gasteiger partial charge in [0.1, 0.15) is 18.1 Å². The van der Waals surface area contributed by atoms with E-state index in [9.17, 15) is 9.59 Å². The number of ether oxygens (including phenoxy) is 1. The molecule has 0 aliphatic heterocycles. The van der Waals surface area contributed by atoms with Gasteiger partial charge in [0.2, 0.25) is 11.8 Å². The van der Waals surface area contributed by atoms with Crippen molar-refractivity contribution in [2.24, 2.45) is 5.41 Å². The number of carbonyl (C=O) groups excluding carboxylic acids is 2. The molecule has 0 aliphatic carbocycles. The van der Waals surface area contributed by atoms with Gasteiger partial charge >= 0.3 is 0 Å². The van der Waals surface area contributed by atoms with Crippen LogP contribution < -0.4 is 15.4 Å². The van der Waals surface area contributed by atoms with Crippen LogP contribution in [-0.2, 0) is 22.6 Å². The molecule has 1 heterocycles. The van der Waals surface area contributed by atoms with Crippen LogP contribution in [-0.4, -0.2) is 17.0 Å². The highest BCUT2D eigenvalue weighted by molar-refractivity contribution is 5.95. The Bertz CT molecular complexity index is 1060. The molecule has 0 saturated heterocycles. The van der Waals surface area contributed by atoms with E-state index in [0.29, 0.717) is 23.7 Å². The number of rotatable bonds is 7. The molecule has 0 saturated carbocycles. The maximum absolute atomic E-state index is 12.4. The molecule has 0 aliphatic rings. The second-order valence-corrected chi connectivity index (χ2v) is 8.74. The molecule has 0 atom stereocenters. The standard InChI is InChI=1S/C25H29N3O4/c1-16-22(17(2)32-28-16)15-31-21-12-6-18(7-13-21)14-23(29)26-19-8-10-20(11-9-19)27-24(30)25(3,4)5/h6-13H,14-15H2,1-5H3,(H,26,29)(H,27,30). The van der Waals surface area contributed by atoms with Gasteiger partial charge in [-0.1, -0.05) is 38.1 Å². The molecule has 168 valence electrons. The number of amides is 2. The van der Waals surface area contributed by atoms with Crippen molar-refractivity contribution in [3.05, 3.63) is 71.1 Å². The molecule has 2 amide bonds. The molecule has 0 radical (unpaired) electrons. The highest BCUT2D eigenvalue weighted by Gasteiger charge is 2.21. The number of aryl methyl sites for hydroxylation is 2. The van der Waals surface area contributed by atoms with Crippen LogP contribution in [0.5, 0.6) is 5.75 Å². The van der Waals surface area contributed by atoms with Crippen LogP contribution in [0.4, 0.5) is 11.4 Å². The van der Waals surface area contributed by atoms with Gasteiger partial charge < -0.3 is 19.9 Å². The first-order valence-electron chi connectivity index (χ1n) is 10.5. The summed E-state index contributed by atoms with van der Waals surface area (Å²) in [6.45, 7) is 9.69. The number of hydrogen-bond donors (Lipinski definition) is 2. The number of anilines is 2. The number of nitrogens with zero attached hydrogens (tertiary/aromatic N) is 1. The molecular weight excluding hydrogens is 406 g/mol. The van der Waals surface area contributed by atoms with Crippen molar-refractivity contribution < 1.29 is 18.8 Å². The minimum absolute atomic E-state index is 0.0617. The van der Waals surface area contributed by atoms with E-state index in [2.05, 4.69) is 15.8 Å². The van der Waals surface area contributed by atoms with E-state index < -0.39 is 5.41 Å². The SMILES string of the molecule is Cc1noc(C)c1COc1ccc(CC(=O)Nc2ccc(NC(=O)C(C)(C)C)cc2)cc1. The summed E-state index contributed by atoms with van der Waals surface area (Å²) in [4.78, 5) is 24.4. The molecule has 7 heteroatoms. The number of benzene rings is 2. The second kappa shape index (κ2) is 9.68. The van der Waals surface area contributed by atoms with Crippen molar-refractivity contribution in [3.8, 4) is 5.75 Å². The second-order valence-electron chi connectivity index (χ2n) is 8.74. The van der Waals surface area contributed by atoms with Crippen LogP contribution in [0.15, 0.2) is 53.1 Å². The third-order valence-corrected chi connectivity index (χ3v) is 4.96. The van der Waals surface area contributed by atoms with Gasteiger partial charge in [0.15, 0.2) is 0 Å². The molecule has 0 bridgehead atoms. The van der Waals surface area contributed by atoms with Crippen molar-refractivity contribution in [2.75, 3.05) is 10.6 Å². The quantitative estimate of drug-likeness (QED) is 0.542. The highest BCUT2D eigenvalue weighted by atomic mass is 16.5. The molecule has 2 aromatic carbocycles. The van der Waals surface area contributed by atoms with Crippen LogP contribution in [0.1, 0.15) is 43.4 Å². The van der Waals surface area contributed by atoms with Crippen LogP contribution in [0, 0.1) is 19.3 Å². The minimum atomic E-state index is -0.470. The average molecular weight is 436 g/mol. The van der Waals surface area contributed by atoms with Gasteiger partial charge in [0, 0.05) is 16.8 Å². The fourth-order valence-corrected chi connectivity index (χ4v) is 2.91. The fraction of sp³-hybridized carbons (Fsp3) is 0.320. The van der Waals surface area contributed by atoms with Crippen LogP contribution in [0.3, 0.4) is 0 Å². The zero-order chi connectivity index (χ0) is 23.3. The Morgan fingerprint density at radius 1 is 0.938 bits per heavy atom. The van der Waals surface area contributed by atoms with E-state index in [4.69, 9.17) is 9.26 Å². The summed E-state index contributed by atoms with van der Waals surface area (Å²) in [7, 11) is 0. The van der Waals surface area contributed by atoms with Gasteiger partial charge in [-0.2, -0.15) is 0 Å². The molecular formula is C25H29N3O4. The Kier molecular flexibility index (Phi) is 6.98. The molecule has 7 nitrogen and oxygen atoms in total. The Morgan fingerprint density at radius 3 is 2.06 bits per heavy atom. The summed E-state index contributed by atoms with van der Waals surface area (Å²) >= 11 is 0. The van der Waals surface area contributed by atoms with Crippen molar-refractivity contribution in [2.45, 2.75) is 47.6 Å². The first-order valence-corrected chi connectivity index (χ1v) is 10.5. The Hall–Kier alpha value is -3.61. The Morgan fingerprint density at radius 2 is 1.53 bits per heavy atom. The monoisotopic (exact) mass is 435 g/mol. The third kappa shape index (κ3) is 6.20. The summed E-state index contributed by atoms with van der Waals surface area (Å²) in [6.07, 6.45) is 0.243. The molecule has 1 aromatic heterocycles. The molecule has 3 rings (SSSR count). The normalized spacial score (nSPS) is 11.2. The lowest BCUT2D eigenvalue weighted by Gasteiger charge is -2.17. The maximum atomic E-state index is 12.4. The predicted octanol–water partition coefficient (Wildman–Crippen LogP) is 5.04. The van der Waals surface area contributed by atoms with Crippen molar-refractivity contribution >= 4 is 23.2 Å². The van der Waals surface area contributed by atoms with Crippen LogP contribution >= 0.6 is 0 Å². The van der Waals surface area contributed by atoms with Crippen molar-refractivity contribution in [1.29, 1.82) is 0 Å². The average Bonchev–Trinajstić information content (AvgIpc) is 3.05. The summed E-state index contributed by atoms with van der Waals surface area (Å²) in [5.74, 6) is 1.27. The smallest absolute Gasteiger partial charge is 0.229 e. The molecule has 32 heavy (non-hydrogen) atoms. The van der Waals surface area contributed by atoms with Crippen molar-refractivity contribution in [3.63, 3.8) is 0 Å². The highest BCUT2D eigenvalue weighted by Crippen LogP contribution is 2.20. The molecule has 0 spiro atoms. The van der Waals surface area contributed by atoms with E-state index in [1.54, 1.807) is 24.3 Å². The molecule has 2 N–H and O–H groups in total. The van der Waals surface area contributed by atoms with Gasteiger partial charge in [0.25, 0.3) is 0 Å². The van der Waals surface area contributed by atoms with Gasteiger partial charge in [0.05, 0.1) is 17.7 Å². The lowest BCUT2D eigenvalue weighted by molar-refractivity contribution is -0.123.